The fraction of sp³-hybridized carbons (Fsp3) is 0.429. The number of nitrogens with zero attached hydrogens (tertiary/aromatic N) is 2. The zero-order valence-corrected chi connectivity index (χ0v) is 15.6. The van der Waals surface area contributed by atoms with Gasteiger partial charge in [-0.15, -0.1) is 0 Å². The van der Waals surface area contributed by atoms with Gasteiger partial charge in [-0.2, -0.15) is 0 Å². The number of benzene rings is 1. The second-order valence-electron chi connectivity index (χ2n) is 6.92. The molecule has 0 aliphatic carbocycles. The Kier molecular flexibility index (Phi) is 6.10. The Morgan fingerprint density at radius 2 is 1.81 bits per heavy atom. The van der Waals surface area contributed by atoms with Crippen LogP contribution >= 0.6 is 0 Å². The number of nitrogens with one attached hydrogen (secondary N) is 1. The van der Waals surface area contributed by atoms with Crippen LogP contribution in [0.15, 0.2) is 42.6 Å². The maximum Gasteiger partial charge on any atom is 0.274 e. The summed E-state index contributed by atoms with van der Waals surface area (Å²) in [5, 5.41) is 2.90. The van der Waals surface area contributed by atoms with Crippen LogP contribution < -0.4 is 15.0 Å². The molecule has 2 aromatic rings. The molecule has 3 rings (SSSR count). The summed E-state index contributed by atoms with van der Waals surface area (Å²) in [6.07, 6.45) is 6.87. The molecule has 0 unspecified atom stereocenters. The zero-order chi connectivity index (χ0) is 18.4. The number of amides is 1. The predicted octanol–water partition coefficient (Wildman–Crippen LogP) is 4.50. The van der Waals surface area contributed by atoms with Gasteiger partial charge in [0.05, 0.1) is 23.7 Å². The zero-order valence-electron chi connectivity index (χ0n) is 15.6. The van der Waals surface area contributed by atoms with Crippen molar-refractivity contribution >= 4 is 17.3 Å². The van der Waals surface area contributed by atoms with Crippen molar-refractivity contribution < 1.29 is 9.53 Å². The van der Waals surface area contributed by atoms with E-state index in [9.17, 15) is 4.79 Å². The molecule has 1 aliphatic heterocycles. The molecule has 0 atom stereocenters. The molecule has 1 amide bonds. The Hall–Kier alpha value is -2.56. The minimum Gasteiger partial charge on any atom is -0.489 e. The van der Waals surface area contributed by atoms with Crippen LogP contribution in [-0.2, 0) is 0 Å². The Bertz CT molecular complexity index is 720. The van der Waals surface area contributed by atoms with E-state index in [2.05, 4.69) is 15.2 Å². The van der Waals surface area contributed by atoms with Gasteiger partial charge in [-0.3, -0.25) is 4.79 Å². The van der Waals surface area contributed by atoms with Crippen molar-refractivity contribution in [3.8, 4) is 5.75 Å². The highest BCUT2D eigenvalue weighted by Crippen LogP contribution is 2.25. The van der Waals surface area contributed by atoms with E-state index >= 15 is 0 Å². The smallest absolute Gasteiger partial charge is 0.274 e. The molecule has 5 heteroatoms. The third kappa shape index (κ3) is 4.75. The highest BCUT2D eigenvalue weighted by molar-refractivity contribution is 6.03. The minimum absolute atomic E-state index is 0.0408. The Morgan fingerprint density at radius 3 is 2.46 bits per heavy atom. The first-order chi connectivity index (χ1) is 12.6. The molecule has 1 N–H and O–H groups in total. The largest absolute Gasteiger partial charge is 0.489 e. The molecule has 1 fully saturated rings. The molecule has 0 radical (unpaired) electrons. The summed E-state index contributed by atoms with van der Waals surface area (Å²) in [6, 6.07) is 11.2. The van der Waals surface area contributed by atoms with Gasteiger partial charge in [0, 0.05) is 13.1 Å². The van der Waals surface area contributed by atoms with Crippen molar-refractivity contribution in [1.82, 2.24) is 4.98 Å². The molecule has 0 bridgehead atoms. The molecule has 2 heterocycles. The van der Waals surface area contributed by atoms with Gasteiger partial charge in [-0.05, 0) is 51.0 Å². The van der Waals surface area contributed by atoms with E-state index in [1.54, 1.807) is 12.3 Å². The molecule has 0 spiro atoms. The summed E-state index contributed by atoms with van der Waals surface area (Å²) in [7, 11) is 0. The van der Waals surface area contributed by atoms with Crippen LogP contribution in [0.1, 0.15) is 50.0 Å². The Labute approximate surface area is 155 Å². The lowest BCUT2D eigenvalue weighted by molar-refractivity contribution is 0.102. The van der Waals surface area contributed by atoms with E-state index in [-0.39, 0.29) is 12.0 Å². The number of rotatable bonds is 5. The summed E-state index contributed by atoms with van der Waals surface area (Å²) in [5.74, 6) is 0.434. The number of aromatic nitrogens is 1. The number of anilines is 2. The predicted molar refractivity (Wildman–Crippen MR) is 105 cm³/mol. The van der Waals surface area contributed by atoms with E-state index in [0.717, 1.165) is 18.8 Å². The van der Waals surface area contributed by atoms with Gasteiger partial charge in [0.2, 0.25) is 0 Å². The second-order valence-corrected chi connectivity index (χ2v) is 6.92. The van der Waals surface area contributed by atoms with Crippen molar-refractivity contribution in [1.29, 1.82) is 0 Å². The maximum absolute atomic E-state index is 12.6. The Balaban J connectivity index is 1.69. The van der Waals surface area contributed by atoms with Crippen molar-refractivity contribution in [3.05, 3.63) is 48.3 Å². The van der Waals surface area contributed by atoms with E-state index in [0.29, 0.717) is 17.1 Å². The van der Waals surface area contributed by atoms with Crippen LogP contribution in [0.3, 0.4) is 0 Å². The van der Waals surface area contributed by atoms with Crippen LogP contribution in [0.2, 0.25) is 0 Å². The van der Waals surface area contributed by atoms with Crippen molar-refractivity contribution in [2.45, 2.75) is 45.6 Å². The van der Waals surface area contributed by atoms with Crippen LogP contribution in [0.25, 0.3) is 0 Å². The summed E-state index contributed by atoms with van der Waals surface area (Å²) in [5.41, 5.74) is 2.15. The lowest BCUT2D eigenvalue weighted by atomic mass is 10.2. The highest BCUT2D eigenvalue weighted by atomic mass is 16.5. The number of ether oxygens (including phenoxy) is 1. The van der Waals surface area contributed by atoms with Crippen LogP contribution in [0, 0.1) is 0 Å². The average Bonchev–Trinajstić information content (AvgIpc) is 2.92. The minimum atomic E-state index is -0.229. The first-order valence-corrected chi connectivity index (χ1v) is 9.41. The summed E-state index contributed by atoms with van der Waals surface area (Å²) in [6.45, 7) is 6.05. The lowest BCUT2D eigenvalue weighted by Gasteiger charge is -2.22. The number of pyridine rings is 1. The van der Waals surface area contributed by atoms with Gasteiger partial charge >= 0.3 is 0 Å². The standard InChI is InChI=1S/C21H27N3O2/c1-16(2)26-20-10-6-5-9-18(20)23-21(25)19-12-11-17(15-22-19)24-13-7-3-4-8-14-24/h5-6,9-12,15-16H,3-4,7-8,13-14H2,1-2H3,(H,23,25). The third-order valence-corrected chi connectivity index (χ3v) is 4.45. The van der Waals surface area contributed by atoms with Gasteiger partial charge in [0.1, 0.15) is 11.4 Å². The van der Waals surface area contributed by atoms with E-state index < -0.39 is 0 Å². The van der Waals surface area contributed by atoms with Crippen molar-refractivity contribution in [2.24, 2.45) is 0 Å². The molecule has 138 valence electrons. The Morgan fingerprint density at radius 1 is 1.08 bits per heavy atom. The monoisotopic (exact) mass is 353 g/mol. The maximum atomic E-state index is 12.6. The van der Waals surface area contributed by atoms with Crippen LogP contribution in [0.5, 0.6) is 5.75 Å². The average molecular weight is 353 g/mol. The first kappa shape index (κ1) is 18.2. The number of hydrogen-bond acceptors (Lipinski definition) is 4. The topological polar surface area (TPSA) is 54.5 Å². The van der Waals surface area contributed by atoms with E-state index in [1.165, 1.54) is 25.7 Å². The van der Waals surface area contributed by atoms with Gasteiger partial charge < -0.3 is 15.0 Å². The van der Waals surface area contributed by atoms with Crippen molar-refractivity contribution in [2.75, 3.05) is 23.3 Å². The summed E-state index contributed by atoms with van der Waals surface area (Å²) in [4.78, 5) is 19.3. The summed E-state index contributed by atoms with van der Waals surface area (Å²) >= 11 is 0. The molecule has 1 aliphatic rings. The second kappa shape index (κ2) is 8.70. The molecule has 0 saturated carbocycles. The van der Waals surface area contributed by atoms with Crippen molar-refractivity contribution in [3.63, 3.8) is 0 Å². The lowest BCUT2D eigenvalue weighted by Crippen LogP contribution is -2.24. The number of para-hydroxylation sites is 2. The van der Waals surface area contributed by atoms with Crippen LogP contribution in [0.4, 0.5) is 11.4 Å². The first-order valence-electron chi connectivity index (χ1n) is 9.41. The highest BCUT2D eigenvalue weighted by Gasteiger charge is 2.14. The van der Waals surface area contributed by atoms with E-state index in [1.807, 2.05) is 44.2 Å². The van der Waals surface area contributed by atoms with Gasteiger partial charge in [0.25, 0.3) is 5.91 Å². The SMILES string of the molecule is CC(C)Oc1ccccc1NC(=O)c1ccc(N2CCCCCC2)cn1. The molecule has 1 aromatic heterocycles. The quantitative estimate of drug-likeness (QED) is 0.860. The molecule has 1 aromatic carbocycles. The number of hydrogen-bond donors (Lipinski definition) is 1. The molecular formula is C21H27N3O2. The van der Waals surface area contributed by atoms with Gasteiger partial charge in [0.15, 0.2) is 0 Å². The van der Waals surface area contributed by atoms with Gasteiger partial charge in [-0.25, -0.2) is 4.98 Å². The summed E-state index contributed by atoms with van der Waals surface area (Å²) < 4.78 is 5.75. The molecule has 1 saturated heterocycles. The fourth-order valence-electron chi connectivity index (χ4n) is 3.15. The number of carbonyl (C=O) groups is 1. The third-order valence-electron chi connectivity index (χ3n) is 4.45. The number of carbonyl (C=O) groups excluding carboxylic acids is 1. The molecular weight excluding hydrogens is 326 g/mol. The van der Waals surface area contributed by atoms with Crippen LogP contribution in [-0.4, -0.2) is 30.1 Å². The fourth-order valence-corrected chi connectivity index (χ4v) is 3.15. The van der Waals surface area contributed by atoms with E-state index in [4.69, 9.17) is 4.74 Å². The van der Waals surface area contributed by atoms with Gasteiger partial charge in [-0.1, -0.05) is 25.0 Å². The molecule has 5 nitrogen and oxygen atoms in total. The normalized spacial score (nSPS) is 14.8. The molecule has 26 heavy (non-hydrogen) atoms.